The topological polar surface area (TPSA) is 131 Å². The van der Waals surface area contributed by atoms with E-state index >= 15 is 0 Å². The molecule has 0 aromatic heterocycles. The molecule has 4 N–H and O–H groups in total. The van der Waals surface area contributed by atoms with Crippen LogP contribution in [0.4, 0.5) is 0 Å². The van der Waals surface area contributed by atoms with Gasteiger partial charge in [0.25, 0.3) is 0 Å². The monoisotopic (exact) mass is 294 g/mol. The molecule has 0 aromatic rings. The molecule has 0 rings (SSSR count). The van der Waals surface area contributed by atoms with Crippen LogP contribution in [0, 0.1) is 10.2 Å². The maximum absolute atomic E-state index is 11.9. The third-order valence-electron chi connectivity index (χ3n) is 2.87. The summed E-state index contributed by atoms with van der Waals surface area (Å²) in [7, 11) is -1.66. The molecule has 2 atom stereocenters. The highest BCUT2D eigenvalue weighted by Gasteiger charge is 2.29. The van der Waals surface area contributed by atoms with Crippen LogP contribution in [0.3, 0.4) is 0 Å². The summed E-state index contributed by atoms with van der Waals surface area (Å²) in [5, 5.41) is 8.60. The molecule has 0 fully saturated rings. The number of nitrogens with one attached hydrogen (secondary N) is 1. The summed E-state index contributed by atoms with van der Waals surface area (Å²) in [5.74, 6) is -1.67. The molecule has 0 aliphatic rings. The Bertz CT molecular complexity index is 430. The van der Waals surface area contributed by atoms with Crippen molar-refractivity contribution in [3.63, 3.8) is 0 Å². The van der Waals surface area contributed by atoms with Crippen LogP contribution < -0.4 is 5.73 Å². The predicted molar refractivity (Wildman–Crippen MR) is 71.2 cm³/mol. The number of hydrogen-bond acceptors (Lipinski definition) is 6. The molecule has 0 spiro atoms. The maximum Gasteiger partial charge on any atom is 0.320 e. The summed E-state index contributed by atoms with van der Waals surface area (Å²) in [6.45, 7) is 3.30. The molecule has 0 amide bonds. The first-order chi connectivity index (χ1) is 8.52. The SMILES string of the molecule is COC(=O)C(C)(C)CCS(=N)(=O)CC[C@H](N)C(=O)O. The molecule has 0 radical (unpaired) electrons. The first-order valence-electron chi connectivity index (χ1n) is 5.83. The summed E-state index contributed by atoms with van der Waals surface area (Å²) >= 11 is 0. The number of carboxylic acids is 1. The van der Waals surface area contributed by atoms with Crippen molar-refractivity contribution in [2.24, 2.45) is 11.1 Å². The number of rotatable bonds is 8. The number of carboxylic acid groups (broad SMARTS) is 1. The zero-order valence-electron chi connectivity index (χ0n) is 11.5. The quantitative estimate of drug-likeness (QED) is 0.556. The Hall–Kier alpha value is -1.15. The fourth-order valence-corrected chi connectivity index (χ4v) is 3.02. The van der Waals surface area contributed by atoms with E-state index in [0.717, 1.165) is 0 Å². The van der Waals surface area contributed by atoms with Gasteiger partial charge in [-0.1, -0.05) is 0 Å². The zero-order chi connectivity index (χ0) is 15.3. The predicted octanol–water partition coefficient (Wildman–Crippen LogP) is 0.424. The minimum atomic E-state index is -2.94. The molecule has 0 saturated carbocycles. The lowest BCUT2D eigenvalue weighted by Crippen LogP contribution is -2.33. The van der Waals surface area contributed by atoms with Gasteiger partial charge in [0, 0.05) is 21.2 Å². The number of nitrogens with two attached hydrogens (primary N) is 1. The van der Waals surface area contributed by atoms with Crippen LogP contribution in [0.1, 0.15) is 26.7 Å². The average Bonchev–Trinajstić information content (AvgIpc) is 2.32. The second-order valence-electron chi connectivity index (χ2n) is 5.08. The Kier molecular flexibility index (Phi) is 6.44. The van der Waals surface area contributed by atoms with Crippen LogP contribution in [-0.4, -0.2) is 45.9 Å². The Morgan fingerprint density at radius 1 is 1.42 bits per heavy atom. The van der Waals surface area contributed by atoms with Gasteiger partial charge in [-0.3, -0.25) is 14.4 Å². The molecule has 1 unspecified atom stereocenters. The summed E-state index contributed by atoms with van der Waals surface area (Å²) in [5.41, 5.74) is 4.48. The highest BCUT2D eigenvalue weighted by molar-refractivity contribution is 7.92. The largest absolute Gasteiger partial charge is 0.480 e. The van der Waals surface area contributed by atoms with Crippen molar-refractivity contribution in [3.8, 4) is 0 Å². The van der Waals surface area contributed by atoms with Crippen LogP contribution in [0.5, 0.6) is 0 Å². The number of carbonyl (C=O) groups is 2. The molecule has 0 aliphatic heterocycles. The summed E-state index contributed by atoms with van der Waals surface area (Å²) in [6.07, 6.45) is 0.223. The van der Waals surface area contributed by atoms with Crippen molar-refractivity contribution in [1.29, 1.82) is 4.78 Å². The molecular formula is C11H22N2O5S. The molecule has 0 aliphatic carbocycles. The fraction of sp³-hybridized carbons (Fsp3) is 0.818. The van der Waals surface area contributed by atoms with Crippen LogP contribution in [0.2, 0.25) is 0 Å². The van der Waals surface area contributed by atoms with E-state index < -0.39 is 33.1 Å². The van der Waals surface area contributed by atoms with E-state index in [1.165, 1.54) is 7.11 Å². The number of aliphatic carboxylic acids is 1. The van der Waals surface area contributed by atoms with Gasteiger partial charge in [0.05, 0.1) is 12.5 Å². The highest BCUT2D eigenvalue weighted by atomic mass is 32.2. The average molecular weight is 294 g/mol. The van der Waals surface area contributed by atoms with E-state index in [2.05, 4.69) is 4.74 Å². The third-order valence-corrected chi connectivity index (χ3v) is 4.63. The molecule has 19 heavy (non-hydrogen) atoms. The molecule has 0 aromatic carbocycles. The Morgan fingerprint density at radius 2 is 1.95 bits per heavy atom. The van der Waals surface area contributed by atoms with Gasteiger partial charge in [-0.05, 0) is 26.7 Å². The molecule has 0 heterocycles. The minimum absolute atomic E-state index is 0.0153. The number of hydrogen-bond donors (Lipinski definition) is 3. The van der Waals surface area contributed by atoms with Gasteiger partial charge in [0.15, 0.2) is 0 Å². The number of esters is 1. The van der Waals surface area contributed by atoms with Crippen molar-refractivity contribution in [1.82, 2.24) is 0 Å². The molecule has 0 saturated heterocycles. The number of methoxy groups -OCH3 is 1. The van der Waals surface area contributed by atoms with Crippen LogP contribution in [-0.2, 0) is 24.1 Å². The smallest absolute Gasteiger partial charge is 0.320 e. The van der Waals surface area contributed by atoms with Crippen molar-refractivity contribution < 1.29 is 23.6 Å². The number of carbonyl (C=O) groups excluding carboxylic acids is 1. The summed E-state index contributed by atoms with van der Waals surface area (Å²) in [6, 6.07) is -1.11. The van der Waals surface area contributed by atoms with Gasteiger partial charge in [-0.25, -0.2) is 4.21 Å². The summed E-state index contributed by atoms with van der Waals surface area (Å²) < 4.78 is 24.2. The lowest BCUT2D eigenvalue weighted by atomic mass is 9.91. The lowest BCUT2D eigenvalue weighted by Gasteiger charge is -2.21. The van der Waals surface area contributed by atoms with Gasteiger partial charge in [0.1, 0.15) is 6.04 Å². The van der Waals surface area contributed by atoms with E-state index in [1.54, 1.807) is 13.8 Å². The van der Waals surface area contributed by atoms with E-state index in [0.29, 0.717) is 0 Å². The molecule has 7 nitrogen and oxygen atoms in total. The Balaban J connectivity index is 4.40. The van der Waals surface area contributed by atoms with E-state index in [1.807, 2.05) is 0 Å². The van der Waals surface area contributed by atoms with Gasteiger partial charge in [0.2, 0.25) is 0 Å². The van der Waals surface area contributed by atoms with Crippen LogP contribution in [0.25, 0.3) is 0 Å². The second kappa shape index (κ2) is 6.85. The van der Waals surface area contributed by atoms with Gasteiger partial charge < -0.3 is 15.6 Å². The standard InChI is InChI=1S/C11H22N2O5S/c1-11(2,10(16)18-3)5-7-19(13,17)6-4-8(12)9(14)15/h8,13H,4-7,12H2,1-3H3,(H,14,15)/t8-,19?/m0/s1. The Morgan fingerprint density at radius 3 is 2.37 bits per heavy atom. The van der Waals surface area contributed by atoms with Gasteiger partial charge >= 0.3 is 11.9 Å². The van der Waals surface area contributed by atoms with Gasteiger partial charge in [-0.2, -0.15) is 0 Å². The van der Waals surface area contributed by atoms with Crippen molar-refractivity contribution in [3.05, 3.63) is 0 Å². The van der Waals surface area contributed by atoms with Crippen molar-refractivity contribution in [2.45, 2.75) is 32.7 Å². The molecule has 8 heteroatoms. The Labute approximate surface area is 113 Å². The first-order valence-corrected chi connectivity index (χ1v) is 7.72. The summed E-state index contributed by atoms with van der Waals surface area (Å²) in [4.78, 5) is 22.0. The van der Waals surface area contributed by atoms with Crippen molar-refractivity contribution in [2.75, 3.05) is 18.6 Å². The third kappa shape index (κ3) is 6.53. The van der Waals surface area contributed by atoms with E-state index in [-0.39, 0.29) is 24.3 Å². The van der Waals surface area contributed by atoms with E-state index in [4.69, 9.17) is 15.6 Å². The fourth-order valence-electron chi connectivity index (χ4n) is 1.34. The van der Waals surface area contributed by atoms with E-state index in [9.17, 15) is 13.8 Å². The molecule has 112 valence electrons. The van der Waals surface area contributed by atoms with Crippen molar-refractivity contribution >= 4 is 21.7 Å². The molecule has 0 bridgehead atoms. The van der Waals surface area contributed by atoms with Gasteiger partial charge in [-0.15, -0.1) is 0 Å². The maximum atomic E-state index is 11.9. The normalized spacial score (nSPS) is 16.4. The van der Waals surface area contributed by atoms with Crippen LogP contribution >= 0.6 is 0 Å². The minimum Gasteiger partial charge on any atom is -0.480 e. The lowest BCUT2D eigenvalue weighted by molar-refractivity contribution is -0.150. The van der Waals surface area contributed by atoms with Crippen LogP contribution in [0.15, 0.2) is 0 Å². The second-order valence-corrected chi connectivity index (χ2v) is 7.52. The molecular weight excluding hydrogens is 272 g/mol. The number of ether oxygens (including phenoxy) is 1. The first kappa shape index (κ1) is 17.8. The highest BCUT2D eigenvalue weighted by Crippen LogP contribution is 2.23. The zero-order valence-corrected chi connectivity index (χ0v) is 12.3.